The summed E-state index contributed by atoms with van der Waals surface area (Å²) < 4.78 is 17.7. The molecule has 4 N–H and O–H groups in total. The fraction of sp³-hybridized carbons (Fsp3) is 0.417. The average molecular weight is 741 g/mol. The molecule has 17 heteroatoms. The van der Waals surface area contributed by atoms with Crippen LogP contribution in [0, 0.1) is 0 Å². The minimum Gasteiger partial charge on any atom is -0.480 e. The lowest BCUT2D eigenvalue weighted by Crippen LogP contribution is -2.29. The molecule has 1 aliphatic heterocycles. The van der Waals surface area contributed by atoms with Crippen LogP contribution in [0.5, 0.6) is 5.75 Å². The first-order valence-corrected chi connectivity index (χ1v) is 16.8. The van der Waals surface area contributed by atoms with Crippen LogP contribution in [0.1, 0.15) is 81.7 Å². The quantitative estimate of drug-likeness (QED) is 0.0690. The first-order valence-electron chi connectivity index (χ1n) is 16.8. The number of aryl methyl sites for hydroxylation is 1. The molecular formula is C36H44N4O13. The Morgan fingerprint density at radius 2 is 1.66 bits per heavy atom. The number of benzene rings is 1. The van der Waals surface area contributed by atoms with Crippen molar-refractivity contribution >= 4 is 53.4 Å². The molecule has 17 nitrogen and oxygen atoms in total. The van der Waals surface area contributed by atoms with Gasteiger partial charge in [-0.2, -0.15) is 0 Å². The predicted octanol–water partition coefficient (Wildman–Crippen LogP) is 2.45. The van der Waals surface area contributed by atoms with Crippen molar-refractivity contribution < 1.29 is 58.0 Å². The first kappa shape index (κ1) is 43.2. The van der Waals surface area contributed by atoms with Crippen LogP contribution in [-0.4, -0.2) is 82.4 Å². The summed E-state index contributed by atoms with van der Waals surface area (Å²) in [4.78, 5) is 96.4. The van der Waals surface area contributed by atoms with Gasteiger partial charge in [0.05, 0.1) is 42.0 Å². The number of pyridine rings is 2. The van der Waals surface area contributed by atoms with Crippen molar-refractivity contribution in [2.45, 2.75) is 79.1 Å². The molecule has 0 aliphatic carbocycles. The number of aromatic nitrogens is 2. The van der Waals surface area contributed by atoms with Gasteiger partial charge in [-0.15, -0.1) is 0 Å². The zero-order chi connectivity index (χ0) is 39.7. The topological polar surface area (TPSA) is 247 Å². The minimum atomic E-state index is -1.28. The Labute approximate surface area is 304 Å². The maximum atomic E-state index is 13.7. The highest BCUT2D eigenvalue weighted by atomic mass is 16.5. The SMILES string of the molecule is CC.CCCC(=O)OC(C=O)c1cc2n(c(=O)c1COC)Cc1c-2nc2ccc(OC(=O)CCC(=O)NCC(=O)O)cc2c1CC.O=CNCC(=O)O. The minimum absolute atomic E-state index is 0.0908. The van der Waals surface area contributed by atoms with Gasteiger partial charge >= 0.3 is 23.9 Å². The molecule has 1 atom stereocenters. The molecule has 1 unspecified atom stereocenters. The Balaban J connectivity index is 0.000000967. The van der Waals surface area contributed by atoms with Crippen LogP contribution in [-0.2, 0) is 62.6 Å². The molecule has 1 aliphatic rings. The summed E-state index contributed by atoms with van der Waals surface area (Å²) in [6, 6.07) is 6.57. The Kier molecular flexibility index (Phi) is 17.4. The number of aliphatic carboxylic acids is 2. The van der Waals surface area contributed by atoms with Crippen molar-refractivity contribution in [3.63, 3.8) is 0 Å². The summed E-state index contributed by atoms with van der Waals surface area (Å²) in [5.74, 6) is -3.78. The van der Waals surface area contributed by atoms with E-state index in [2.05, 4.69) is 5.32 Å². The summed E-state index contributed by atoms with van der Waals surface area (Å²) in [6.45, 7) is 7.05. The monoisotopic (exact) mass is 740 g/mol. The number of nitrogens with zero attached hydrogens (tertiary/aromatic N) is 2. The molecule has 286 valence electrons. The molecule has 0 radical (unpaired) electrons. The van der Waals surface area contributed by atoms with E-state index in [-0.39, 0.29) is 61.4 Å². The van der Waals surface area contributed by atoms with Crippen LogP contribution in [0.4, 0.5) is 0 Å². The van der Waals surface area contributed by atoms with Crippen LogP contribution in [0.2, 0.25) is 0 Å². The molecule has 0 bridgehead atoms. The number of carboxylic acid groups (broad SMARTS) is 2. The summed E-state index contributed by atoms with van der Waals surface area (Å²) in [7, 11) is 1.43. The number of rotatable bonds is 17. The van der Waals surface area contributed by atoms with Gasteiger partial charge in [-0.25, -0.2) is 4.98 Å². The van der Waals surface area contributed by atoms with Crippen LogP contribution in [0.3, 0.4) is 0 Å². The van der Waals surface area contributed by atoms with Crippen LogP contribution >= 0.6 is 0 Å². The maximum absolute atomic E-state index is 13.7. The Morgan fingerprint density at radius 1 is 0.962 bits per heavy atom. The van der Waals surface area contributed by atoms with E-state index in [1.54, 1.807) is 28.8 Å². The van der Waals surface area contributed by atoms with E-state index in [0.717, 1.165) is 11.1 Å². The predicted molar refractivity (Wildman–Crippen MR) is 189 cm³/mol. The lowest BCUT2D eigenvalue weighted by Gasteiger charge is -2.18. The lowest BCUT2D eigenvalue weighted by molar-refractivity contribution is -0.152. The van der Waals surface area contributed by atoms with Crippen molar-refractivity contribution in [3.8, 4) is 17.1 Å². The van der Waals surface area contributed by atoms with E-state index >= 15 is 0 Å². The zero-order valence-electron chi connectivity index (χ0n) is 30.2. The van der Waals surface area contributed by atoms with Crippen molar-refractivity contribution in [2.75, 3.05) is 20.2 Å². The van der Waals surface area contributed by atoms with Gasteiger partial charge in [0, 0.05) is 36.5 Å². The molecule has 1 aromatic carbocycles. The molecule has 0 saturated heterocycles. The van der Waals surface area contributed by atoms with E-state index in [4.69, 9.17) is 29.4 Å². The number of methoxy groups -OCH3 is 1. The van der Waals surface area contributed by atoms with Gasteiger partial charge in [0.1, 0.15) is 18.8 Å². The largest absolute Gasteiger partial charge is 0.480 e. The third kappa shape index (κ3) is 11.8. The zero-order valence-corrected chi connectivity index (χ0v) is 30.2. The molecule has 0 fully saturated rings. The van der Waals surface area contributed by atoms with Crippen molar-refractivity contribution in [1.29, 1.82) is 0 Å². The Hall–Kier alpha value is -5.97. The third-order valence-corrected chi connectivity index (χ3v) is 7.52. The van der Waals surface area contributed by atoms with Crippen molar-refractivity contribution in [3.05, 3.63) is 56.9 Å². The highest BCUT2D eigenvalue weighted by Gasteiger charge is 2.31. The second-order valence-corrected chi connectivity index (χ2v) is 11.1. The van der Waals surface area contributed by atoms with Crippen LogP contribution in [0.15, 0.2) is 29.1 Å². The maximum Gasteiger partial charge on any atom is 0.322 e. The summed E-state index contributed by atoms with van der Waals surface area (Å²) in [6.07, 6.45) is 0.314. The second-order valence-electron chi connectivity index (χ2n) is 11.1. The summed E-state index contributed by atoms with van der Waals surface area (Å²) in [5.41, 5.74) is 3.36. The number of hydrogen-bond donors (Lipinski definition) is 4. The Morgan fingerprint density at radius 3 is 2.23 bits per heavy atom. The van der Waals surface area contributed by atoms with Gasteiger partial charge in [-0.1, -0.05) is 27.7 Å². The molecule has 0 spiro atoms. The van der Waals surface area contributed by atoms with Crippen molar-refractivity contribution in [2.24, 2.45) is 0 Å². The molecule has 2 amide bonds. The fourth-order valence-corrected chi connectivity index (χ4v) is 5.32. The molecule has 2 aromatic heterocycles. The highest BCUT2D eigenvalue weighted by molar-refractivity contribution is 5.90. The van der Waals surface area contributed by atoms with E-state index in [1.165, 1.54) is 7.11 Å². The normalized spacial score (nSPS) is 11.3. The first-order chi connectivity index (χ1) is 25.4. The second kappa shape index (κ2) is 21.4. The summed E-state index contributed by atoms with van der Waals surface area (Å²) >= 11 is 0. The molecule has 3 heterocycles. The Bertz CT molecular complexity index is 1890. The number of hydrogen-bond acceptors (Lipinski definition) is 12. The number of fused-ring (bicyclic) bond motifs is 4. The van der Waals surface area contributed by atoms with Gasteiger partial charge < -0.3 is 39.6 Å². The summed E-state index contributed by atoms with van der Waals surface area (Å²) in [5, 5.41) is 21.3. The van der Waals surface area contributed by atoms with Gasteiger partial charge in [0.2, 0.25) is 12.3 Å². The molecule has 4 rings (SSSR count). The van der Waals surface area contributed by atoms with E-state index in [0.29, 0.717) is 47.8 Å². The number of aldehydes is 1. The van der Waals surface area contributed by atoms with E-state index in [9.17, 15) is 38.4 Å². The number of carbonyl (C=O) groups is 7. The van der Waals surface area contributed by atoms with E-state index < -0.39 is 42.4 Å². The van der Waals surface area contributed by atoms with Gasteiger partial charge in [-0.3, -0.25) is 38.4 Å². The number of amides is 2. The van der Waals surface area contributed by atoms with Gasteiger partial charge in [0.25, 0.3) is 5.56 Å². The van der Waals surface area contributed by atoms with Crippen molar-refractivity contribution in [1.82, 2.24) is 20.2 Å². The van der Waals surface area contributed by atoms with Gasteiger partial charge in [0.15, 0.2) is 12.4 Å². The smallest absolute Gasteiger partial charge is 0.322 e. The molecule has 53 heavy (non-hydrogen) atoms. The van der Waals surface area contributed by atoms with Crippen LogP contribution < -0.4 is 20.9 Å². The average Bonchev–Trinajstić information content (AvgIpc) is 3.50. The number of ether oxygens (including phenoxy) is 3. The molecular weight excluding hydrogens is 696 g/mol. The van der Waals surface area contributed by atoms with Gasteiger partial charge in [-0.05, 0) is 42.7 Å². The number of carboxylic acids is 2. The van der Waals surface area contributed by atoms with E-state index in [1.807, 2.05) is 33.0 Å². The highest BCUT2D eigenvalue weighted by Crippen LogP contribution is 2.38. The number of esters is 2. The molecule has 0 saturated carbocycles. The third-order valence-electron chi connectivity index (χ3n) is 7.52. The number of nitrogens with one attached hydrogen (secondary N) is 2. The van der Waals surface area contributed by atoms with Crippen LogP contribution in [0.25, 0.3) is 22.3 Å². The number of carbonyl (C=O) groups excluding carboxylic acids is 5. The lowest BCUT2D eigenvalue weighted by atomic mass is 9.98. The standard InChI is InChI=1S/C31H33N3O10.C3H5NO3.C2H6/c1-4-6-28(39)44-25(15-35)20-12-24-30-21(14-34(24)31(41)22(20)16-42-3)18(5-2)19-11-17(7-8-23(19)33-30)43-29(40)10-9-26(36)32-13-27(37)38;5-2-4-1-3(6)7;1-2/h7-8,11-12,15,25H,4-6,9-10,13-14,16H2,1-3H3,(H,32,36)(H,37,38);2H,1H2,(H,4,5)(H,6,7);1-2H3. The molecule has 3 aromatic rings. The fourth-order valence-electron chi connectivity index (χ4n) is 5.32.